The fraction of sp³-hybridized carbons (Fsp3) is 0. The Morgan fingerprint density at radius 1 is 0.262 bits per heavy atom. The first-order valence-electron chi connectivity index (χ1n) is 20.7. The lowest BCUT2D eigenvalue weighted by Crippen LogP contribution is -2.00. The van der Waals surface area contributed by atoms with E-state index in [4.69, 9.17) is 15.0 Å². The topological polar surface area (TPSA) is 43.6 Å². The molecule has 0 aliphatic rings. The van der Waals surface area contributed by atoms with Crippen molar-refractivity contribution in [2.45, 2.75) is 0 Å². The second kappa shape index (κ2) is 14.3. The highest BCUT2D eigenvalue weighted by Gasteiger charge is 2.19. The Morgan fingerprint density at radius 3 is 1.39 bits per heavy atom. The molecule has 0 saturated heterocycles. The molecule has 2 aromatic heterocycles. The van der Waals surface area contributed by atoms with Crippen LogP contribution in [0.25, 0.3) is 116 Å². The van der Waals surface area contributed by atoms with Crippen LogP contribution in [0, 0.1) is 0 Å². The smallest absolute Gasteiger partial charge is 0.164 e. The van der Waals surface area contributed by atoms with Crippen LogP contribution in [-0.2, 0) is 0 Å². The maximum absolute atomic E-state index is 5.18. The largest absolute Gasteiger partial charge is 0.309 e. The molecule has 0 unspecified atom stereocenters. The maximum atomic E-state index is 5.18. The number of hydrogen-bond acceptors (Lipinski definition) is 3. The van der Waals surface area contributed by atoms with Gasteiger partial charge in [0.25, 0.3) is 0 Å². The lowest BCUT2D eigenvalue weighted by Gasteiger charge is -2.16. The summed E-state index contributed by atoms with van der Waals surface area (Å²) < 4.78 is 2.40. The molecule has 4 nitrogen and oxygen atoms in total. The summed E-state index contributed by atoms with van der Waals surface area (Å²) >= 11 is 0. The highest BCUT2D eigenvalue weighted by Crippen LogP contribution is 2.42. The van der Waals surface area contributed by atoms with Crippen LogP contribution in [0.4, 0.5) is 0 Å². The van der Waals surface area contributed by atoms with Crippen molar-refractivity contribution in [3.05, 3.63) is 218 Å². The summed E-state index contributed by atoms with van der Waals surface area (Å²) in [6, 6.07) is 77.7. The van der Waals surface area contributed by atoms with Crippen LogP contribution in [0.3, 0.4) is 0 Å². The number of para-hydroxylation sites is 1. The van der Waals surface area contributed by atoms with Crippen LogP contribution in [0.5, 0.6) is 0 Å². The summed E-state index contributed by atoms with van der Waals surface area (Å²) in [4.78, 5) is 15.3. The van der Waals surface area contributed by atoms with E-state index in [1.165, 1.54) is 54.5 Å². The zero-order valence-corrected chi connectivity index (χ0v) is 33.1. The molecule has 0 amide bonds. The average molecular weight is 777 g/mol. The van der Waals surface area contributed by atoms with Crippen molar-refractivity contribution in [1.29, 1.82) is 0 Å². The van der Waals surface area contributed by atoms with Crippen LogP contribution in [0.2, 0.25) is 0 Å². The number of benzene rings is 10. The first kappa shape index (κ1) is 34.8. The van der Waals surface area contributed by atoms with Crippen molar-refractivity contribution in [3.8, 4) is 62.1 Å². The Hall–Kier alpha value is -8.21. The number of aromatic nitrogens is 4. The van der Waals surface area contributed by atoms with E-state index in [0.717, 1.165) is 44.3 Å². The monoisotopic (exact) mass is 776 g/mol. The predicted molar refractivity (Wildman–Crippen MR) is 254 cm³/mol. The molecule has 61 heavy (non-hydrogen) atoms. The molecule has 0 aliphatic heterocycles. The quantitative estimate of drug-likeness (QED) is 0.158. The summed E-state index contributed by atoms with van der Waals surface area (Å²) in [6.45, 7) is 0. The Balaban J connectivity index is 1.06. The van der Waals surface area contributed by atoms with Gasteiger partial charge in [-0.05, 0) is 79.5 Å². The van der Waals surface area contributed by atoms with Crippen molar-refractivity contribution >= 4 is 54.1 Å². The van der Waals surface area contributed by atoms with E-state index in [1.807, 2.05) is 36.4 Å². The number of nitrogens with zero attached hydrogens (tertiary/aromatic N) is 4. The van der Waals surface area contributed by atoms with E-state index in [0.29, 0.717) is 17.5 Å². The third-order valence-electron chi connectivity index (χ3n) is 12.0. The van der Waals surface area contributed by atoms with Crippen molar-refractivity contribution in [3.63, 3.8) is 0 Å². The summed E-state index contributed by atoms with van der Waals surface area (Å²) in [5.74, 6) is 1.94. The summed E-state index contributed by atoms with van der Waals surface area (Å²) in [6.07, 6.45) is 0. The molecule has 0 atom stereocenters. The van der Waals surface area contributed by atoms with E-state index in [9.17, 15) is 0 Å². The first-order valence-corrected chi connectivity index (χ1v) is 20.7. The van der Waals surface area contributed by atoms with Crippen LogP contribution in [0.1, 0.15) is 0 Å². The molecule has 10 aromatic carbocycles. The van der Waals surface area contributed by atoms with Crippen LogP contribution in [-0.4, -0.2) is 19.5 Å². The first-order chi connectivity index (χ1) is 30.2. The molecule has 2 heterocycles. The molecule has 284 valence electrons. The zero-order chi connectivity index (χ0) is 40.3. The molecule has 0 aliphatic carbocycles. The molecule has 0 bridgehead atoms. The van der Waals surface area contributed by atoms with Gasteiger partial charge in [-0.15, -0.1) is 0 Å². The van der Waals surface area contributed by atoms with Crippen molar-refractivity contribution in [1.82, 2.24) is 19.5 Å². The molecule has 4 heteroatoms. The third kappa shape index (κ3) is 5.88. The van der Waals surface area contributed by atoms with Crippen LogP contribution < -0.4 is 0 Å². The lowest BCUT2D eigenvalue weighted by molar-refractivity contribution is 1.08. The highest BCUT2D eigenvalue weighted by atomic mass is 15.0. The lowest BCUT2D eigenvalue weighted by atomic mass is 9.89. The van der Waals surface area contributed by atoms with Gasteiger partial charge in [0.05, 0.1) is 11.0 Å². The fourth-order valence-electron chi connectivity index (χ4n) is 9.16. The normalized spacial score (nSPS) is 11.6. The van der Waals surface area contributed by atoms with Gasteiger partial charge in [0.15, 0.2) is 17.5 Å². The van der Waals surface area contributed by atoms with Gasteiger partial charge in [0.1, 0.15) is 0 Å². The fourth-order valence-corrected chi connectivity index (χ4v) is 9.16. The molecular weight excluding hydrogens is 741 g/mol. The Bertz CT molecular complexity index is 3560. The van der Waals surface area contributed by atoms with Gasteiger partial charge in [-0.2, -0.15) is 0 Å². The SMILES string of the molecule is c1ccc(-c2ccc(-n3c4ccccc4c4ccc(-c5ccc6c(c5)c5ccccc5c5cccc(-c7nc(-c8ccccc8)nc(-c8ccccc8)n7)c56)cc43)cc2)cc1. The third-order valence-corrected chi connectivity index (χ3v) is 12.0. The molecule has 0 radical (unpaired) electrons. The van der Waals surface area contributed by atoms with Gasteiger partial charge in [0.2, 0.25) is 0 Å². The predicted octanol–water partition coefficient (Wildman–Crippen LogP) is 14.8. The summed E-state index contributed by atoms with van der Waals surface area (Å²) in [5.41, 5.74) is 11.1. The van der Waals surface area contributed by atoms with E-state index < -0.39 is 0 Å². The molecule has 12 aromatic rings. The zero-order valence-electron chi connectivity index (χ0n) is 33.1. The second-order valence-electron chi connectivity index (χ2n) is 15.6. The van der Waals surface area contributed by atoms with Gasteiger partial charge in [0, 0.05) is 38.5 Å². The van der Waals surface area contributed by atoms with E-state index >= 15 is 0 Å². The number of hydrogen-bond donors (Lipinski definition) is 0. The van der Waals surface area contributed by atoms with Crippen molar-refractivity contribution in [2.24, 2.45) is 0 Å². The molecule has 0 spiro atoms. The van der Waals surface area contributed by atoms with Gasteiger partial charge in [-0.3, -0.25) is 0 Å². The van der Waals surface area contributed by atoms with Crippen molar-refractivity contribution in [2.75, 3.05) is 0 Å². The number of fused-ring (bicyclic) bond motifs is 9. The maximum Gasteiger partial charge on any atom is 0.164 e. The minimum atomic E-state index is 0.647. The van der Waals surface area contributed by atoms with Gasteiger partial charge in [-0.1, -0.05) is 188 Å². The standard InChI is InChI=1S/C57H36N4/c1-4-15-37(16-5-1)38-27-31-43(32-28-38)61-52-26-13-12-23-46(52)47-33-29-42(36-53(47)61)41-30-34-49-51(35-41)45-22-11-10-21-44(45)48-24-14-25-50(54(48)49)57-59-55(39-17-6-2-7-18-39)58-56(60-57)40-19-8-3-9-20-40/h1-36H. The Kier molecular flexibility index (Phi) is 8.13. The van der Waals surface area contributed by atoms with Crippen molar-refractivity contribution < 1.29 is 0 Å². The Morgan fingerprint density at radius 2 is 0.721 bits per heavy atom. The summed E-state index contributed by atoms with van der Waals surface area (Å²) in [7, 11) is 0. The van der Waals surface area contributed by atoms with Crippen LogP contribution in [0.15, 0.2) is 218 Å². The summed E-state index contributed by atoms with van der Waals surface area (Å²) in [5, 5.41) is 9.51. The van der Waals surface area contributed by atoms with E-state index in [1.54, 1.807) is 0 Å². The van der Waals surface area contributed by atoms with Gasteiger partial charge >= 0.3 is 0 Å². The minimum Gasteiger partial charge on any atom is -0.309 e. The van der Waals surface area contributed by atoms with E-state index in [-0.39, 0.29) is 0 Å². The van der Waals surface area contributed by atoms with Gasteiger partial charge < -0.3 is 4.57 Å². The molecule has 0 saturated carbocycles. The Labute approximate surface area is 352 Å². The van der Waals surface area contributed by atoms with E-state index in [2.05, 4.69) is 187 Å². The molecular formula is C57H36N4. The van der Waals surface area contributed by atoms with Crippen LogP contribution >= 0.6 is 0 Å². The number of rotatable bonds is 6. The minimum absolute atomic E-state index is 0.647. The second-order valence-corrected chi connectivity index (χ2v) is 15.6. The molecule has 0 N–H and O–H groups in total. The highest BCUT2D eigenvalue weighted by molar-refractivity contribution is 6.28. The average Bonchev–Trinajstić information content (AvgIpc) is 3.68. The van der Waals surface area contributed by atoms with Gasteiger partial charge in [-0.25, -0.2) is 15.0 Å². The molecule has 12 rings (SSSR count). The molecule has 0 fully saturated rings.